The molecule has 1 heterocycles. The minimum atomic E-state index is -2.83. The van der Waals surface area contributed by atoms with Crippen LogP contribution in [0.1, 0.15) is 22.5 Å². The van der Waals surface area contributed by atoms with Gasteiger partial charge in [-0.2, -0.15) is 5.10 Å². The highest BCUT2D eigenvalue weighted by molar-refractivity contribution is 6.31. The third-order valence-corrected chi connectivity index (χ3v) is 1.83. The minimum absolute atomic E-state index is 0.146. The molecule has 1 aromatic rings. The lowest BCUT2D eigenvalue weighted by atomic mass is 10.3. The van der Waals surface area contributed by atoms with E-state index >= 15 is 0 Å². The van der Waals surface area contributed by atoms with Crippen LogP contribution in [0.5, 0.6) is 0 Å². The molecule has 74 valence electrons. The predicted molar refractivity (Wildman–Crippen MR) is 46.4 cm³/mol. The highest BCUT2D eigenvalue weighted by Gasteiger charge is 2.22. The van der Waals surface area contributed by atoms with Crippen LogP contribution in [0.2, 0.25) is 5.15 Å². The maximum absolute atomic E-state index is 12.5. The summed E-state index contributed by atoms with van der Waals surface area (Å²) in [5.41, 5.74) is -0.847. The van der Waals surface area contributed by atoms with E-state index in [9.17, 15) is 13.6 Å². The second kappa shape index (κ2) is 4.20. The summed E-state index contributed by atoms with van der Waals surface area (Å²) >= 11 is 5.46. The van der Waals surface area contributed by atoms with Gasteiger partial charge in [0.05, 0.1) is 5.56 Å². The molecule has 14 heavy (non-hydrogen) atoms. The Hall–Kier alpha value is -1.41. The summed E-state index contributed by atoms with van der Waals surface area (Å²) in [7, 11) is 0. The van der Waals surface area contributed by atoms with E-state index in [-0.39, 0.29) is 23.5 Å². The SMILES string of the molecule is C#CCn1nc(Cl)c(C=O)c1C(F)F. The van der Waals surface area contributed by atoms with Gasteiger partial charge in [-0.3, -0.25) is 4.79 Å². The van der Waals surface area contributed by atoms with E-state index in [0.29, 0.717) is 0 Å². The third kappa shape index (κ3) is 1.75. The van der Waals surface area contributed by atoms with Crippen LogP contribution >= 0.6 is 11.6 Å². The van der Waals surface area contributed by atoms with Gasteiger partial charge < -0.3 is 0 Å². The zero-order chi connectivity index (χ0) is 10.7. The van der Waals surface area contributed by atoms with E-state index in [4.69, 9.17) is 18.0 Å². The Morgan fingerprint density at radius 1 is 1.71 bits per heavy atom. The number of nitrogens with zero attached hydrogens (tertiary/aromatic N) is 2. The Kier molecular flexibility index (Phi) is 3.20. The summed E-state index contributed by atoms with van der Waals surface area (Å²) in [6.45, 7) is -0.146. The van der Waals surface area contributed by atoms with Gasteiger partial charge in [0.2, 0.25) is 0 Å². The van der Waals surface area contributed by atoms with Crippen LogP contribution in [-0.2, 0) is 6.54 Å². The Morgan fingerprint density at radius 3 is 2.79 bits per heavy atom. The van der Waals surface area contributed by atoms with Crippen molar-refractivity contribution in [1.29, 1.82) is 0 Å². The van der Waals surface area contributed by atoms with Gasteiger partial charge in [0.25, 0.3) is 6.43 Å². The third-order valence-electron chi connectivity index (χ3n) is 1.55. The molecule has 0 aliphatic carbocycles. The van der Waals surface area contributed by atoms with Gasteiger partial charge in [-0.15, -0.1) is 6.42 Å². The molecule has 0 unspecified atom stereocenters. The van der Waals surface area contributed by atoms with Crippen molar-refractivity contribution in [2.24, 2.45) is 0 Å². The molecule has 0 saturated heterocycles. The Bertz CT molecular complexity index is 395. The highest BCUT2D eigenvalue weighted by Crippen LogP contribution is 2.26. The summed E-state index contributed by atoms with van der Waals surface area (Å²) in [6.07, 6.45) is 2.35. The largest absolute Gasteiger partial charge is 0.298 e. The Morgan fingerprint density at radius 2 is 2.36 bits per heavy atom. The first kappa shape index (κ1) is 10.7. The van der Waals surface area contributed by atoms with E-state index in [1.54, 1.807) is 0 Å². The smallest absolute Gasteiger partial charge is 0.280 e. The van der Waals surface area contributed by atoms with Crippen LogP contribution < -0.4 is 0 Å². The normalized spacial score (nSPS) is 10.2. The van der Waals surface area contributed by atoms with Crippen molar-refractivity contribution < 1.29 is 13.6 Å². The quantitative estimate of drug-likeness (QED) is 0.574. The van der Waals surface area contributed by atoms with E-state index in [1.807, 2.05) is 0 Å². The van der Waals surface area contributed by atoms with Gasteiger partial charge in [-0.25, -0.2) is 13.5 Å². The molecular formula is C8H5ClF2N2O. The van der Waals surface area contributed by atoms with Crippen molar-refractivity contribution in [1.82, 2.24) is 9.78 Å². The van der Waals surface area contributed by atoms with Crippen LogP contribution in [0.4, 0.5) is 8.78 Å². The molecule has 1 aromatic heterocycles. The average molecular weight is 219 g/mol. The maximum Gasteiger partial charge on any atom is 0.280 e. The molecule has 0 N–H and O–H groups in total. The summed E-state index contributed by atoms with van der Waals surface area (Å²) in [5.74, 6) is 2.14. The van der Waals surface area contributed by atoms with Crippen molar-refractivity contribution in [3.05, 3.63) is 16.4 Å². The van der Waals surface area contributed by atoms with Crippen molar-refractivity contribution in [2.75, 3.05) is 0 Å². The van der Waals surface area contributed by atoms with Crippen LogP contribution in [0, 0.1) is 12.3 Å². The van der Waals surface area contributed by atoms with Crippen molar-refractivity contribution in [3.63, 3.8) is 0 Å². The number of carbonyl (C=O) groups is 1. The summed E-state index contributed by atoms with van der Waals surface area (Å²) < 4.78 is 25.8. The number of halogens is 3. The van der Waals surface area contributed by atoms with Gasteiger partial charge in [0.15, 0.2) is 11.4 Å². The molecule has 1 rings (SSSR count). The Labute approximate surface area is 83.7 Å². The predicted octanol–water partition coefficient (Wildman–Crippen LogP) is 1.92. The van der Waals surface area contributed by atoms with E-state index in [2.05, 4.69) is 11.0 Å². The molecule has 0 aromatic carbocycles. The molecule has 0 aliphatic rings. The molecule has 0 aliphatic heterocycles. The van der Waals surface area contributed by atoms with Gasteiger partial charge in [0, 0.05) is 0 Å². The summed E-state index contributed by atoms with van der Waals surface area (Å²) in [4.78, 5) is 10.4. The molecule has 0 spiro atoms. The molecule has 6 heteroatoms. The zero-order valence-electron chi connectivity index (χ0n) is 6.88. The molecule has 0 atom stereocenters. The second-order valence-corrected chi connectivity index (χ2v) is 2.73. The van der Waals surface area contributed by atoms with Crippen molar-refractivity contribution >= 4 is 17.9 Å². The molecule has 0 saturated carbocycles. The lowest BCUT2D eigenvalue weighted by Gasteiger charge is -2.02. The fourth-order valence-corrected chi connectivity index (χ4v) is 1.24. The molecule has 0 amide bonds. The second-order valence-electron chi connectivity index (χ2n) is 2.37. The van der Waals surface area contributed by atoms with Gasteiger partial charge in [0.1, 0.15) is 12.2 Å². The van der Waals surface area contributed by atoms with Gasteiger partial charge in [-0.05, 0) is 0 Å². The monoisotopic (exact) mass is 218 g/mol. The number of aromatic nitrogens is 2. The van der Waals surface area contributed by atoms with E-state index in [0.717, 1.165) is 4.68 Å². The van der Waals surface area contributed by atoms with E-state index in [1.165, 1.54) is 0 Å². The lowest BCUT2D eigenvalue weighted by molar-refractivity contribution is 0.110. The van der Waals surface area contributed by atoms with Crippen LogP contribution in [0.15, 0.2) is 0 Å². The molecule has 0 radical (unpaired) electrons. The number of hydrogen-bond acceptors (Lipinski definition) is 2. The first-order valence-electron chi connectivity index (χ1n) is 3.54. The number of rotatable bonds is 3. The summed E-state index contributed by atoms with van der Waals surface area (Å²) in [6, 6.07) is 0. The number of aldehydes is 1. The fraction of sp³-hybridized carbons (Fsp3) is 0.250. The standard InChI is InChI=1S/C8H5ClF2N2O/c1-2-3-13-6(8(10)11)5(4-14)7(9)12-13/h1,4,8H,3H2. The first-order valence-corrected chi connectivity index (χ1v) is 3.92. The zero-order valence-corrected chi connectivity index (χ0v) is 7.63. The molecule has 0 fully saturated rings. The number of terminal acetylenes is 1. The topological polar surface area (TPSA) is 34.9 Å². The molecule has 0 bridgehead atoms. The van der Waals surface area contributed by atoms with Crippen molar-refractivity contribution in [3.8, 4) is 12.3 Å². The number of alkyl halides is 2. The Balaban J connectivity index is 3.31. The number of hydrogen-bond donors (Lipinski definition) is 0. The van der Waals surface area contributed by atoms with Crippen LogP contribution in [-0.4, -0.2) is 16.1 Å². The first-order chi connectivity index (χ1) is 6.61. The fourth-order valence-electron chi connectivity index (χ4n) is 1.00. The van der Waals surface area contributed by atoms with Crippen molar-refractivity contribution in [2.45, 2.75) is 13.0 Å². The van der Waals surface area contributed by atoms with Gasteiger partial charge >= 0.3 is 0 Å². The average Bonchev–Trinajstić information content (AvgIpc) is 2.42. The lowest BCUT2D eigenvalue weighted by Crippen LogP contribution is -2.05. The highest BCUT2D eigenvalue weighted by atomic mass is 35.5. The molecular weight excluding hydrogens is 214 g/mol. The summed E-state index contributed by atoms with van der Waals surface area (Å²) in [5, 5.41) is 3.26. The van der Waals surface area contributed by atoms with E-state index < -0.39 is 12.1 Å². The minimum Gasteiger partial charge on any atom is -0.298 e. The van der Waals surface area contributed by atoms with Crippen LogP contribution in [0.3, 0.4) is 0 Å². The van der Waals surface area contributed by atoms with Gasteiger partial charge in [-0.1, -0.05) is 17.5 Å². The maximum atomic E-state index is 12.5. The van der Waals surface area contributed by atoms with Crippen LogP contribution in [0.25, 0.3) is 0 Å². The molecule has 3 nitrogen and oxygen atoms in total. The number of carbonyl (C=O) groups excluding carboxylic acids is 1.